The van der Waals surface area contributed by atoms with Crippen LogP contribution in [0.5, 0.6) is 0 Å². The largest absolute Gasteiger partial charge is 0.337 e. The molecule has 1 saturated heterocycles. The summed E-state index contributed by atoms with van der Waals surface area (Å²) in [4.78, 5) is 19.3. The fourth-order valence-corrected chi connectivity index (χ4v) is 4.13. The van der Waals surface area contributed by atoms with Crippen LogP contribution in [0.25, 0.3) is 5.52 Å². The second kappa shape index (κ2) is 6.63. The third-order valence-corrected chi connectivity index (χ3v) is 5.52. The predicted molar refractivity (Wildman–Crippen MR) is 98.7 cm³/mol. The fraction of sp³-hybridized carbons (Fsp3) is 0.389. The number of halogens is 1. The lowest BCUT2D eigenvalue weighted by molar-refractivity contribution is 0.0707. The Hall–Kier alpha value is -2.15. The Kier molecular flexibility index (Phi) is 4.33. The van der Waals surface area contributed by atoms with Gasteiger partial charge >= 0.3 is 0 Å². The maximum Gasteiger partial charge on any atom is 0.274 e. The zero-order chi connectivity index (χ0) is 17.4. The molecule has 0 radical (unpaired) electrons. The molecule has 130 valence electrons. The molecule has 0 spiro atoms. The number of aryl methyl sites for hydroxylation is 1. The molecule has 3 aromatic heterocycles. The van der Waals surface area contributed by atoms with Crippen LogP contribution in [0.1, 0.15) is 41.9 Å². The summed E-state index contributed by atoms with van der Waals surface area (Å²) in [5, 5.41) is 4.37. The molecule has 7 heteroatoms. The van der Waals surface area contributed by atoms with Crippen LogP contribution in [0.15, 0.2) is 41.4 Å². The Morgan fingerprint density at radius 2 is 2.08 bits per heavy atom. The summed E-state index contributed by atoms with van der Waals surface area (Å²) in [6.07, 6.45) is 5.70. The van der Waals surface area contributed by atoms with Gasteiger partial charge in [0, 0.05) is 43.6 Å². The highest BCUT2D eigenvalue weighted by Crippen LogP contribution is 2.29. The number of carbonyl (C=O) groups is 1. The topological polar surface area (TPSA) is 55.4 Å². The van der Waals surface area contributed by atoms with Crippen LogP contribution in [0.3, 0.4) is 0 Å². The molecule has 0 aliphatic carbocycles. The summed E-state index contributed by atoms with van der Waals surface area (Å²) in [6.45, 7) is 4.50. The average Bonchev–Trinajstić information content (AvgIpc) is 3.26. The second-order valence-corrected chi connectivity index (χ2v) is 7.03. The molecular weight excluding hydrogens is 382 g/mol. The number of hydrogen-bond acceptors (Lipinski definition) is 3. The van der Waals surface area contributed by atoms with E-state index in [1.54, 1.807) is 0 Å². The molecule has 4 rings (SSSR count). The van der Waals surface area contributed by atoms with Crippen molar-refractivity contribution in [3.63, 3.8) is 0 Å². The lowest BCUT2D eigenvalue weighted by Crippen LogP contribution is -2.38. The van der Waals surface area contributed by atoms with Gasteiger partial charge in [-0.25, -0.2) is 4.98 Å². The van der Waals surface area contributed by atoms with Gasteiger partial charge in [-0.15, -0.1) is 0 Å². The first kappa shape index (κ1) is 16.3. The third kappa shape index (κ3) is 2.86. The van der Waals surface area contributed by atoms with E-state index < -0.39 is 0 Å². The Labute approximate surface area is 154 Å². The summed E-state index contributed by atoms with van der Waals surface area (Å²) >= 11 is 3.43. The summed E-state index contributed by atoms with van der Waals surface area (Å²) in [5.74, 6) is 0.480. The van der Waals surface area contributed by atoms with Gasteiger partial charge in [0.15, 0.2) is 10.4 Å². The lowest BCUT2D eigenvalue weighted by atomic mass is 9.93. The minimum atomic E-state index is 0.0110. The Morgan fingerprint density at radius 1 is 1.28 bits per heavy atom. The number of amides is 1. The van der Waals surface area contributed by atoms with Crippen molar-refractivity contribution < 1.29 is 4.79 Å². The van der Waals surface area contributed by atoms with Gasteiger partial charge in [0.1, 0.15) is 0 Å². The zero-order valence-corrected chi connectivity index (χ0v) is 15.7. The quantitative estimate of drug-likeness (QED) is 0.676. The molecule has 0 bridgehead atoms. The van der Waals surface area contributed by atoms with Gasteiger partial charge in [-0.2, -0.15) is 5.10 Å². The van der Waals surface area contributed by atoms with Crippen LogP contribution < -0.4 is 0 Å². The molecule has 0 saturated carbocycles. The Morgan fingerprint density at radius 3 is 2.84 bits per heavy atom. The van der Waals surface area contributed by atoms with E-state index in [1.165, 1.54) is 5.69 Å². The van der Waals surface area contributed by atoms with Crippen LogP contribution >= 0.6 is 15.9 Å². The van der Waals surface area contributed by atoms with Crippen LogP contribution in [-0.4, -0.2) is 43.1 Å². The minimum Gasteiger partial charge on any atom is -0.337 e. The molecule has 25 heavy (non-hydrogen) atoms. The SMILES string of the molecule is CCn1nccc1C1CCN(C(=O)c2nc(Br)n3ccccc23)CC1. The number of rotatable bonds is 3. The van der Waals surface area contributed by atoms with E-state index in [4.69, 9.17) is 0 Å². The molecule has 4 heterocycles. The number of fused-ring (bicyclic) bond motifs is 1. The van der Waals surface area contributed by atoms with Crippen molar-refractivity contribution in [2.24, 2.45) is 0 Å². The zero-order valence-electron chi connectivity index (χ0n) is 14.1. The van der Waals surface area contributed by atoms with E-state index in [0.29, 0.717) is 16.3 Å². The van der Waals surface area contributed by atoms with E-state index in [0.717, 1.165) is 38.0 Å². The van der Waals surface area contributed by atoms with Gasteiger partial charge in [0.25, 0.3) is 5.91 Å². The summed E-state index contributed by atoms with van der Waals surface area (Å²) < 4.78 is 4.61. The Balaban J connectivity index is 1.51. The maximum atomic E-state index is 13.0. The molecule has 1 amide bonds. The van der Waals surface area contributed by atoms with E-state index in [9.17, 15) is 4.79 Å². The summed E-state index contributed by atoms with van der Waals surface area (Å²) in [5.41, 5.74) is 2.64. The molecule has 0 atom stereocenters. The first-order valence-electron chi connectivity index (χ1n) is 8.62. The number of likely N-dealkylation sites (tertiary alicyclic amines) is 1. The van der Waals surface area contributed by atoms with Crippen molar-refractivity contribution in [1.29, 1.82) is 0 Å². The molecular formula is C18H20BrN5O. The van der Waals surface area contributed by atoms with Gasteiger partial charge in [-0.1, -0.05) is 6.07 Å². The summed E-state index contributed by atoms with van der Waals surface area (Å²) in [7, 11) is 0. The number of hydrogen-bond donors (Lipinski definition) is 0. The lowest BCUT2D eigenvalue weighted by Gasteiger charge is -2.31. The van der Waals surface area contributed by atoms with Gasteiger partial charge in [-0.3, -0.25) is 13.9 Å². The highest BCUT2D eigenvalue weighted by atomic mass is 79.9. The van der Waals surface area contributed by atoms with Crippen LogP contribution in [0.4, 0.5) is 0 Å². The van der Waals surface area contributed by atoms with Crippen molar-refractivity contribution in [1.82, 2.24) is 24.1 Å². The number of carbonyl (C=O) groups excluding carboxylic acids is 1. The fourth-order valence-electron chi connectivity index (χ4n) is 3.64. The monoisotopic (exact) mass is 401 g/mol. The number of aromatic nitrogens is 4. The average molecular weight is 402 g/mol. The predicted octanol–water partition coefficient (Wildman–Crippen LogP) is 3.33. The molecule has 6 nitrogen and oxygen atoms in total. The van der Waals surface area contributed by atoms with Crippen LogP contribution in [-0.2, 0) is 6.54 Å². The van der Waals surface area contributed by atoms with Crippen molar-refractivity contribution in [2.75, 3.05) is 13.1 Å². The summed E-state index contributed by atoms with van der Waals surface area (Å²) in [6, 6.07) is 7.89. The molecule has 0 N–H and O–H groups in total. The molecule has 3 aromatic rings. The molecule has 1 aliphatic rings. The van der Waals surface area contributed by atoms with Crippen molar-refractivity contribution in [3.8, 4) is 0 Å². The van der Waals surface area contributed by atoms with Crippen LogP contribution in [0, 0.1) is 0 Å². The maximum absolute atomic E-state index is 13.0. The van der Waals surface area contributed by atoms with Gasteiger partial charge in [0.2, 0.25) is 0 Å². The number of imidazole rings is 1. The molecule has 0 unspecified atom stereocenters. The van der Waals surface area contributed by atoms with E-state index in [1.807, 2.05) is 39.9 Å². The van der Waals surface area contributed by atoms with Crippen LogP contribution in [0.2, 0.25) is 0 Å². The van der Waals surface area contributed by atoms with Gasteiger partial charge in [0.05, 0.1) is 5.52 Å². The first-order valence-corrected chi connectivity index (χ1v) is 9.42. The number of nitrogens with zero attached hydrogens (tertiary/aromatic N) is 5. The van der Waals surface area contributed by atoms with Crippen molar-refractivity contribution in [3.05, 3.63) is 52.8 Å². The standard InChI is InChI=1S/C18H20BrN5O/c1-2-24-14(6-9-20-24)13-7-11-22(12-8-13)17(25)16-15-5-3-4-10-23(15)18(19)21-16/h3-6,9-10,13H,2,7-8,11-12H2,1H3. The molecule has 0 aromatic carbocycles. The number of pyridine rings is 1. The van der Waals surface area contributed by atoms with E-state index in [-0.39, 0.29) is 5.91 Å². The number of piperidine rings is 1. The minimum absolute atomic E-state index is 0.0110. The van der Waals surface area contributed by atoms with E-state index >= 15 is 0 Å². The first-order chi connectivity index (χ1) is 12.2. The highest BCUT2D eigenvalue weighted by Gasteiger charge is 2.28. The smallest absolute Gasteiger partial charge is 0.274 e. The van der Waals surface area contributed by atoms with Gasteiger partial charge < -0.3 is 4.90 Å². The van der Waals surface area contributed by atoms with Crippen molar-refractivity contribution >= 4 is 27.4 Å². The van der Waals surface area contributed by atoms with Gasteiger partial charge in [-0.05, 0) is 53.9 Å². The second-order valence-electron chi connectivity index (χ2n) is 6.32. The molecule has 1 aliphatic heterocycles. The Bertz CT molecular complexity index is 907. The normalized spacial score (nSPS) is 15.8. The molecule has 1 fully saturated rings. The van der Waals surface area contributed by atoms with E-state index in [2.05, 4.69) is 43.7 Å². The highest BCUT2D eigenvalue weighted by molar-refractivity contribution is 9.10. The third-order valence-electron chi connectivity index (χ3n) is 4.96. The van der Waals surface area contributed by atoms with Crippen molar-refractivity contribution in [2.45, 2.75) is 32.2 Å².